The lowest BCUT2D eigenvalue weighted by molar-refractivity contribution is 0.292. The van der Waals surface area contributed by atoms with Crippen LogP contribution in [0.25, 0.3) is 11.3 Å². The van der Waals surface area contributed by atoms with Crippen molar-refractivity contribution in [3.05, 3.63) is 46.1 Å². The minimum Gasteiger partial charge on any atom is -0.460 e. The maximum atomic E-state index is 8.65. The Morgan fingerprint density at radius 2 is 1.90 bits per heavy atom. The van der Waals surface area contributed by atoms with E-state index in [1.807, 2.05) is 24.3 Å². The Labute approximate surface area is 133 Å². The van der Waals surface area contributed by atoms with Crippen molar-refractivity contribution in [1.82, 2.24) is 10.6 Å². The Kier molecular flexibility index (Phi) is 6.45. The minimum atomic E-state index is 0.175. The fourth-order valence-electron chi connectivity index (χ4n) is 2.02. The van der Waals surface area contributed by atoms with Crippen LogP contribution in [0.3, 0.4) is 0 Å². The standard InChI is InChI=1S/C16H21BrN2O2/c1-12-10-13(2-4-15(12)17)16-5-3-14(21-16)11-19-7-6-18-8-9-20/h2-5,10,18-20H,6-9,11H2,1H3. The first kappa shape index (κ1) is 16.2. The lowest BCUT2D eigenvalue weighted by atomic mass is 10.1. The van der Waals surface area contributed by atoms with Gasteiger partial charge in [-0.05, 0) is 36.8 Å². The van der Waals surface area contributed by atoms with Crippen LogP contribution in [-0.4, -0.2) is 31.3 Å². The summed E-state index contributed by atoms with van der Waals surface area (Å²) in [5, 5.41) is 15.1. The molecule has 114 valence electrons. The molecule has 0 bridgehead atoms. The molecule has 0 fully saturated rings. The van der Waals surface area contributed by atoms with E-state index in [4.69, 9.17) is 9.52 Å². The van der Waals surface area contributed by atoms with Crippen molar-refractivity contribution in [1.29, 1.82) is 0 Å². The summed E-state index contributed by atoms with van der Waals surface area (Å²) in [5.74, 6) is 1.81. The molecular weight excluding hydrogens is 332 g/mol. The molecule has 2 rings (SSSR count). The van der Waals surface area contributed by atoms with Gasteiger partial charge in [0.1, 0.15) is 11.5 Å². The maximum Gasteiger partial charge on any atom is 0.134 e. The van der Waals surface area contributed by atoms with Crippen LogP contribution in [0.2, 0.25) is 0 Å². The van der Waals surface area contributed by atoms with Gasteiger partial charge in [-0.2, -0.15) is 0 Å². The summed E-state index contributed by atoms with van der Waals surface area (Å²) in [6, 6.07) is 10.2. The maximum absolute atomic E-state index is 8.65. The van der Waals surface area contributed by atoms with Gasteiger partial charge >= 0.3 is 0 Å². The first-order valence-corrected chi connectivity index (χ1v) is 7.87. The zero-order chi connectivity index (χ0) is 15.1. The molecule has 0 spiro atoms. The van der Waals surface area contributed by atoms with Gasteiger partial charge in [-0.3, -0.25) is 0 Å². The summed E-state index contributed by atoms with van der Waals surface area (Å²) < 4.78 is 6.96. The van der Waals surface area contributed by atoms with Gasteiger partial charge < -0.3 is 20.2 Å². The molecular formula is C16H21BrN2O2. The molecule has 0 amide bonds. The average molecular weight is 353 g/mol. The summed E-state index contributed by atoms with van der Waals surface area (Å²) in [5.41, 5.74) is 2.28. The van der Waals surface area contributed by atoms with Crippen LogP contribution in [0.15, 0.2) is 39.2 Å². The highest BCUT2D eigenvalue weighted by Gasteiger charge is 2.06. The normalized spacial score (nSPS) is 11.0. The molecule has 1 aromatic heterocycles. The molecule has 0 saturated heterocycles. The van der Waals surface area contributed by atoms with Crippen molar-refractivity contribution in [2.45, 2.75) is 13.5 Å². The van der Waals surface area contributed by atoms with Crippen molar-refractivity contribution in [2.24, 2.45) is 0 Å². The van der Waals surface area contributed by atoms with Crippen molar-refractivity contribution < 1.29 is 9.52 Å². The molecule has 5 heteroatoms. The summed E-state index contributed by atoms with van der Waals surface area (Å²) in [6.45, 7) is 5.26. The van der Waals surface area contributed by atoms with E-state index in [0.29, 0.717) is 13.1 Å². The van der Waals surface area contributed by atoms with Crippen LogP contribution in [-0.2, 0) is 6.54 Å². The molecule has 0 radical (unpaired) electrons. The number of halogens is 1. The monoisotopic (exact) mass is 352 g/mol. The topological polar surface area (TPSA) is 57.4 Å². The zero-order valence-corrected chi connectivity index (χ0v) is 13.7. The average Bonchev–Trinajstić information content (AvgIpc) is 2.94. The lowest BCUT2D eigenvalue weighted by Crippen LogP contribution is -2.28. The third-order valence-corrected chi connectivity index (χ3v) is 4.06. The predicted octanol–water partition coefficient (Wildman–Crippen LogP) is 2.69. The summed E-state index contributed by atoms with van der Waals surface area (Å²) in [7, 11) is 0. The molecule has 0 atom stereocenters. The molecule has 3 N–H and O–H groups in total. The van der Waals surface area contributed by atoms with Crippen LogP contribution < -0.4 is 10.6 Å². The second-order valence-electron chi connectivity index (χ2n) is 4.88. The van der Waals surface area contributed by atoms with E-state index < -0.39 is 0 Å². The first-order chi connectivity index (χ1) is 10.2. The molecule has 21 heavy (non-hydrogen) atoms. The van der Waals surface area contributed by atoms with Crippen LogP contribution in [0.5, 0.6) is 0 Å². The number of nitrogens with one attached hydrogen (secondary N) is 2. The van der Waals surface area contributed by atoms with Gasteiger partial charge in [-0.15, -0.1) is 0 Å². The van der Waals surface area contributed by atoms with Gasteiger partial charge in [0.2, 0.25) is 0 Å². The van der Waals surface area contributed by atoms with Gasteiger partial charge in [0, 0.05) is 29.7 Å². The smallest absolute Gasteiger partial charge is 0.134 e. The Hall–Kier alpha value is -1.14. The van der Waals surface area contributed by atoms with Crippen LogP contribution in [0, 0.1) is 6.92 Å². The largest absolute Gasteiger partial charge is 0.460 e. The van der Waals surface area contributed by atoms with Crippen LogP contribution >= 0.6 is 15.9 Å². The van der Waals surface area contributed by atoms with Crippen LogP contribution in [0.4, 0.5) is 0 Å². The molecule has 0 aliphatic heterocycles. The van der Waals surface area contributed by atoms with E-state index in [9.17, 15) is 0 Å². The van der Waals surface area contributed by atoms with Gasteiger partial charge in [-0.1, -0.05) is 22.0 Å². The van der Waals surface area contributed by atoms with E-state index in [0.717, 1.165) is 34.6 Å². The number of aryl methyl sites for hydroxylation is 1. The lowest BCUT2D eigenvalue weighted by Gasteiger charge is -2.04. The molecule has 1 aromatic carbocycles. The summed E-state index contributed by atoms with van der Waals surface area (Å²) in [4.78, 5) is 0. The fraction of sp³-hybridized carbons (Fsp3) is 0.375. The number of aliphatic hydroxyl groups excluding tert-OH is 1. The molecule has 0 aliphatic carbocycles. The van der Waals surface area contributed by atoms with Crippen molar-refractivity contribution in [3.8, 4) is 11.3 Å². The van der Waals surface area contributed by atoms with Gasteiger partial charge in [0.05, 0.1) is 13.2 Å². The van der Waals surface area contributed by atoms with E-state index >= 15 is 0 Å². The Morgan fingerprint density at radius 3 is 2.67 bits per heavy atom. The summed E-state index contributed by atoms with van der Waals surface area (Å²) in [6.07, 6.45) is 0. The zero-order valence-electron chi connectivity index (χ0n) is 12.2. The second-order valence-corrected chi connectivity index (χ2v) is 5.73. The summed E-state index contributed by atoms with van der Waals surface area (Å²) >= 11 is 3.50. The van der Waals surface area contributed by atoms with Gasteiger partial charge in [-0.25, -0.2) is 0 Å². The second kappa shape index (κ2) is 8.34. The van der Waals surface area contributed by atoms with Crippen molar-refractivity contribution in [3.63, 3.8) is 0 Å². The van der Waals surface area contributed by atoms with E-state index in [-0.39, 0.29) is 6.61 Å². The molecule has 0 aliphatic rings. The third-order valence-electron chi connectivity index (χ3n) is 3.17. The number of furan rings is 1. The highest BCUT2D eigenvalue weighted by Crippen LogP contribution is 2.26. The van der Waals surface area contributed by atoms with E-state index in [1.165, 1.54) is 5.56 Å². The Bertz CT molecular complexity index is 569. The number of rotatable bonds is 8. The van der Waals surface area contributed by atoms with Gasteiger partial charge in [0.15, 0.2) is 0 Å². The highest BCUT2D eigenvalue weighted by molar-refractivity contribution is 9.10. The van der Waals surface area contributed by atoms with E-state index in [2.05, 4.69) is 39.6 Å². The molecule has 0 unspecified atom stereocenters. The minimum absolute atomic E-state index is 0.175. The third kappa shape index (κ3) is 4.97. The first-order valence-electron chi connectivity index (χ1n) is 7.08. The highest BCUT2D eigenvalue weighted by atomic mass is 79.9. The fourth-order valence-corrected chi connectivity index (χ4v) is 2.27. The molecule has 0 saturated carbocycles. The quantitative estimate of drug-likeness (QED) is 0.639. The predicted molar refractivity (Wildman–Crippen MR) is 88.2 cm³/mol. The number of hydrogen-bond acceptors (Lipinski definition) is 4. The van der Waals surface area contributed by atoms with Crippen molar-refractivity contribution in [2.75, 3.05) is 26.2 Å². The molecule has 1 heterocycles. The van der Waals surface area contributed by atoms with Gasteiger partial charge in [0.25, 0.3) is 0 Å². The number of hydrogen-bond donors (Lipinski definition) is 3. The Balaban J connectivity index is 1.85. The number of benzene rings is 1. The Morgan fingerprint density at radius 1 is 1.10 bits per heavy atom. The van der Waals surface area contributed by atoms with Crippen molar-refractivity contribution >= 4 is 15.9 Å². The molecule has 2 aromatic rings. The number of aliphatic hydroxyl groups is 1. The molecule has 4 nitrogen and oxygen atoms in total. The van der Waals surface area contributed by atoms with E-state index in [1.54, 1.807) is 0 Å². The SMILES string of the molecule is Cc1cc(-c2ccc(CNCCNCCO)o2)ccc1Br. The van der Waals surface area contributed by atoms with Crippen LogP contribution in [0.1, 0.15) is 11.3 Å².